The molecule has 0 saturated carbocycles. The lowest BCUT2D eigenvalue weighted by molar-refractivity contribution is -0.146. The van der Waals surface area contributed by atoms with Crippen LogP contribution < -0.4 is 4.74 Å². The highest BCUT2D eigenvalue weighted by molar-refractivity contribution is 5.78. The summed E-state index contributed by atoms with van der Waals surface area (Å²) < 4.78 is 5.49. The average Bonchev–Trinajstić information content (AvgIpc) is 2.53. The van der Waals surface area contributed by atoms with Crippen molar-refractivity contribution in [2.24, 2.45) is 5.92 Å². The van der Waals surface area contributed by atoms with Crippen molar-refractivity contribution in [2.45, 2.75) is 26.2 Å². The van der Waals surface area contributed by atoms with Gasteiger partial charge in [-0.3, -0.25) is 9.59 Å². The molecule has 21 heavy (non-hydrogen) atoms. The van der Waals surface area contributed by atoms with Crippen LogP contribution in [0, 0.1) is 5.92 Å². The van der Waals surface area contributed by atoms with Crippen LogP contribution in [-0.2, 0) is 16.0 Å². The minimum Gasteiger partial charge on any atom is -0.484 e. The second kappa shape index (κ2) is 7.11. The minimum absolute atomic E-state index is 0.00318. The Kier molecular flexibility index (Phi) is 5.20. The minimum atomic E-state index is -0.769. The SMILES string of the molecule is CCc1ccc(OCC(=O)N2CCC(C(=O)O)CC2)cc1. The van der Waals surface area contributed by atoms with Gasteiger partial charge in [-0.1, -0.05) is 19.1 Å². The number of aryl methyl sites for hydroxylation is 1. The third-order valence-corrected chi connectivity index (χ3v) is 3.89. The highest BCUT2D eigenvalue weighted by Gasteiger charge is 2.26. The molecule has 0 unspecified atom stereocenters. The Labute approximate surface area is 124 Å². The first-order valence-electron chi connectivity index (χ1n) is 7.32. The standard InChI is InChI=1S/C16H21NO4/c1-2-12-3-5-14(6-4-12)21-11-15(18)17-9-7-13(8-10-17)16(19)20/h3-6,13H,2,7-11H2,1H3,(H,19,20). The fourth-order valence-corrected chi connectivity index (χ4v) is 2.43. The molecule has 1 aromatic carbocycles. The van der Waals surface area contributed by atoms with E-state index in [1.165, 1.54) is 5.56 Å². The van der Waals surface area contributed by atoms with Gasteiger partial charge in [0.1, 0.15) is 5.75 Å². The third kappa shape index (κ3) is 4.21. The van der Waals surface area contributed by atoms with Crippen molar-refractivity contribution in [3.8, 4) is 5.75 Å². The number of carboxylic acid groups (broad SMARTS) is 1. The van der Waals surface area contributed by atoms with Gasteiger partial charge in [0.2, 0.25) is 0 Å². The molecule has 1 N–H and O–H groups in total. The van der Waals surface area contributed by atoms with Crippen LogP contribution in [-0.4, -0.2) is 41.6 Å². The van der Waals surface area contributed by atoms with Gasteiger partial charge in [-0.2, -0.15) is 0 Å². The van der Waals surface area contributed by atoms with Gasteiger partial charge in [0.15, 0.2) is 6.61 Å². The molecule has 114 valence electrons. The molecule has 1 aliphatic heterocycles. The molecule has 5 nitrogen and oxygen atoms in total. The zero-order valence-corrected chi connectivity index (χ0v) is 12.2. The molecule has 0 aromatic heterocycles. The van der Waals surface area contributed by atoms with Gasteiger partial charge in [0, 0.05) is 13.1 Å². The molecular weight excluding hydrogens is 270 g/mol. The lowest BCUT2D eigenvalue weighted by Gasteiger charge is -2.30. The predicted molar refractivity (Wildman–Crippen MR) is 78.3 cm³/mol. The summed E-state index contributed by atoms with van der Waals surface area (Å²) in [6.45, 7) is 3.07. The zero-order chi connectivity index (χ0) is 15.2. The number of benzene rings is 1. The Morgan fingerprint density at radius 3 is 2.38 bits per heavy atom. The van der Waals surface area contributed by atoms with E-state index in [1.54, 1.807) is 4.90 Å². The van der Waals surface area contributed by atoms with Crippen LogP contribution in [0.1, 0.15) is 25.3 Å². The van der Waals surface area contributed by atoms with Gasteiger partial charge in [0.05, 0.1) is 5.92 Å². The maximum absolute atomic E-state index is 12.0. The molecule has 0 atom stereocenters. The predicted octanol–water partition coefficient (Wildman–Crippen LogP) is 1.95. The average molecular weight is 291 g/mol. The van der Waals surface area contributed by atoms with Crippen LogP contribution in [0.5, 0.6) is 5.75 Å². The summed E-state index contributed by atoms with van der Waals surface area (Å²) in [5.41, 5.74) is 1.23. The topological polar surface area (TPSA) is 66.8 Å². The van der Waals surface area contributed by atoms with E-state index in [9.17, 15) is 9.59 Å². The van der Waals surface area contributed by atoms with Crippen molar-refractivity contribution < 1.29 is 19.4 Å². The molecule has 2 rings (SSSR count). The fraction of sp³-hybridized carbons (Fsp3) is 0.500. The molecule has 0 radical (unpaired) electrons. The van der Waals surface area contributed by atoms with Crippen LogP contribution in [0.25, 0.3) is 0 Å². The van der Waals surface area contributed by atoms with E-state index in [0.717, 1.165) is 6.42 Å². The van der Waals surface area contributed by atoms with Gasteiger partial charge in [-0.05, 0) is 37.0 Å². The Bertz CT molecular complexity index is 490. The van der Waals surface area contributed by atoms with Crippen LogP contribution in [0.2, 0.25) is 0 Å². The van der Waals surface area contributed by atoms with Gasteiger partial charge < -0.3 is 14.7 Å². The summed E-state index contributed by atoms with van der Waals surface area (Å²) in [6.07, 6.45) is 2.01. The number of aliphatic carboxylic acids is 1. The lowest BCUT2D eigenvalue weighted by atomic mass is 9.97. The first kappa shape index (κ1) is 15.4. The zero-order valence-electron chi connectivity index (χ0n) is 12.2. The van der Waals surface area contributed by atoms with Crippen molar-refractivity contribution in [3.63, 3.8) is 0 Å². The smallest absolute Gasteiger partial charge is 0.306 e. The Morgan fingerprint density at radius 2 is 1.86 bits per heavy atom. The highest BCUT2D eigenvalue weighted by atomic mass is 16.5. The van der Waals surface area contributed by atoms with E-state index in [-0.39, 0.29) is 18.4 Å². The molecule has 1 fully saturated rings. The largest absolute Gasteiger partial charge is 0.484 e. The van der Waals surface area contributed by atoms with Gasteiger partial charge >= 0.3 is 5.97 Å². The Morgan fingerprint density at radius 1 is 1.24 bits per heavy atom. The number of rotatable bonds is 5. The molecule has 1 amide bonds. The number of hydrogen-bond donors (Lipinski definition) is 1. The highest BCUT2D eigenvalue weighted by Crippen LogP contribution is 2.18. The number of ether oxygens (including phenoxy) is 1. The number of carbonyl (C=O) groups excluding carboxylic acids is 1. The lowest BCUT2D eigenvalue weighted by Crippen LogP contribution is -2.42. The number of hydrogen-bond acceptors (Lipinski definition) is 3. The summed E-state index contributed by atoms with van der Waals surface area (Å²) >= 11 is 0. The van der Waals surface area contributed by atoms with Crippen molar-refractivity contribution in [3.05, 3.63) is 29.8 Å². The fourth-order valence-electron chi connectivity index (χ4n) is 2.43. The van der Waals surface area contributed by atoms with E-state index < -0.39 is 5.97 Å². The molecule has 0 spiro atoms. The molecular formula is C16H21NO4. The van der Waals surface area contributed by atoms with Gasteiger partial charge in [-0.25, -0.2) is 0 Å². The van der Waals surface area contributed by atoms with E-state index in [1.807, 2.05) is 24.3 Å². The molecule has 1 heterocycles. The molecule has 1 aromatic rings. The first-order chi connectivity index (χ1) is 10.1. The summed E-state index contributed by atoms with van der Waals surface area (Å²) in [7, 11) is 0. The summed E-state index contributed by atoms with van der Waals surface area (Å²) in [6, 6.07) is 7.70. The monoisotopic (exact) mass is 291 g/mol. The number of nitrogens with zero attached hydrogens (tertiary/aromatic N) is 1. The van der Waals surface area contributed by atoms with E-state index in [2.05, 4.69) is 6.92 Å². The van der Waals surface area contributed by atoms with E-state index in [0.29, 0.717) is 31.7 Å². The van der Waals surface area contributed by atoms with Crippen LogP contribution in [0.3, 0.4) is 0 Å². The first-order valence-corrected chi connectivity index (χ1v) is 7.32. The molecule has 1 aliphatic rings. The number of amides is 1. The van der Waals surface area contributed by atoms with Crippen molar-refractivity contribution in [2.75, 3.05) is 19.7 Å². The number of carboxylic acids is 1. The second-order valence-electron chi connectivity index (χ2n) is 5.28. The molecule has 1 saturated heterocycles. The normalized spacial score (nSPS) is 15.8. The number of likely N-dealkylation sites (tertiary alicyclic amines) is 1. The van der Waals surface area contributed by atoms with Crippen LogP contribution in [0.4, 0.5) is 0 Å². The van der Waals surface area contributed by atoms with Gasteiger partial charge in [-0.15, -0.1) is 0 Å². The van der Waals surface area contributed by atoms with E-state index in [4.69, 9.17) is 9.84 Å². The molecule has 0 aliphatic carbocycles. The maximum atomic E-state index is 12.0. The molecule has 0 bridgehead atoms. The number of piperidine rings is 1. The summed E-state index contributed by atoms with van der Waals surface area (Å²) in [4.78, 5) is 24.6. The maximum Gasteiger partial charge on any atom is 0.306 e. The molecule has 5 heteroatoms. The van der Waals surface area contributed by atoms with Crippen molar-refractivity contribution in [1.82, 2.24) is 4.90 Å². The quantitative estimate of drug-likeness (QED) is 0.900. The Hall–Kier alpha value is -2.04. The number of carbonyl (C=O) groups is 2. The van der Waals surface area contributed by atoms with E-state index >= 15 is 0 Å². The summed E-state index contributed by atoms with van der Waals surface area (Å²) in [5, 5.41) is 8.93. The van der Waals surface area contributed by atoms with Crippen molar-refractivity contribution in [1.29, 1.82) is 0 Å². The van der Waals surface area contributed by atoms with Crippen LogP contribution in [0.15, 0.2) is 24.3 Å². The van der Waals surface area contributed by atoms with Gasteiger partial charge in [0.25, 0.3) is 5.91 Å². The second-order valence-corrected chi connectivity index (χ2v) is 5.28. The Balaban J connectivity index is 1.78. The summed E-state index contributed by atoms with van der Waals surface area (Å²) in [5.74, 6) is -0.495. The third-order valence-electron chi connectivity index (χ3n) is 3.89. The van der Waals surface area contributed by atoms with Crippen LogP contribution >= 0.6 is 0 Å². The van der Waals surface area contributed by atoms with Crippen molar-refractivity contribution >= 4 is 11.9 Å².